The molecule has 0 aliphatic carbocycles. The van der Waals surface area contributed by atoms with Crippen LogP contribution < -0.4 is 11.1 Å². The Hall–Kier alpha value is -1.75. The van der Waals surface area contributed by atoms with Crippen LogP contribution in [0.2, 0.25) is 5.02 Å². The Morgan fingerprint density at radius 1 is 1.44 bits per heavy atom. The van der Waals surface area contributed by atoms with Crippen LogP contribution in [0, 0.1) is 5.41 Å². The smallest absolute Gasteiger partial charge is 0.412 e. The first kappa shape index (κ1) is 14.3. The second kappa shape index (κ2) is 5.27. The molecule has 1 aromatic carbocycles. The van der Waals surface area contributed by atoms with Crippen LogP contribution >= 0.6 is 11.6 Å². The van der Waals surface area contributed by atoms with Crippen LogP contribution in [0.4, 0.5) is 10.5 Å². The molecule has 1 aromatic rings. The lowest BCUT2D eigenvalue weighted by atomic mass is 10.1. The van der Waals surface area contributed by atoms with Crippen LogP contribution in [-0.2, 0) is 4.74 Å². The van der Waals surface area contributed by atoms with Crippen molar-refractivity contribution >= 4 is 29.2 Å². The highest BCUT2D eigenvalue weighted by atomic mass is 35.5. The first-order chi connectivity index (χ1) is 8.19. The topological polar surface area (TPSA) is 88.2 Å². The third-order valence-electron chi connectivity index (χ3n) is 1.91. The van der Waals surface area contributed by atoms with Crippen molar-refractivity contribution in [3.8, 4) is 0 Å². The summed E-state index contributed by atoms with van der Waals surface area (Å²) >= 11 is 5.83. The summed E-state index contributed by atoms with van der Waals surface area (Å²) in [6, 6.07) is 4.68. The Balaban J connectivity index is 2.93. The summed E-state index contributed by atoms with van der Waals surface area (Å²) < 4.78 is 5.11. The zero-order valence-corrected chi connectivity index (χ0v) is 11.3. The Morgan fingerprint density at radius 3 is 2.56 bits per heavy atom. The quantitative estimate of drug-likeness (QED) is 0.570. The van der Waals surface area contributed by atoms with E-state index in [-0.39, 0.29) is 5.84 Å². The SMILES string of the molecule is CC(C)(C)OC(=O)Nc1cc(Cl)ccc1C(=N)N. The third kappa shape index (κ3) is 4.25. The van der Waals surface area contributed by atoms with Crippen LogP contribution in [0.3, 0.4) is 0 Å². The predicted octanol–water partition coefficient (Wildman–Crippen LogP) is 2.97. The molecule has 6 heteroatoms. The van der Waals surface area contributed by atoms with Crippen molar-refractivity contribution in [3.05, 3.63) is 28.8 Å². The highest BCUT2D eigenvalue weighted by Gasteiger charge is 2.17. The average molecular weight is 270 g/mol. The summed E-state index contributed by atoms with van der Waals surface area (Å²) in [5.74, 6) is -0.155. The molecule has 0 bridgehead atoms. The van der Waals surface area contributed by atoms with E-state index < -0.39 is 11.7 Å². The number of amides is 1. The minimum absolute atomic E-state index is 0.155. The number of rotatable bonds is 2. The molecule has 0 saturated carbocycles. The van der Waals surface area contributed by atoms with E-state index in [1.54, 1.807) is 32.9 Å². The lowest BCUT2D eigenvalue weighted by Gasteiger charge is -2.20. The molecule has 1 amide bonds. The molecule has 0 spiro atoms. The lowest BCUT2D eigenvalue weighted by molar-refractivity contribution is 0.0636. The van der Waals surface area contributed by atoms with Crippen LogP contribution in [0.5, 0.6) is 0 Å². The fourth-order valence-corrected chi connectivity index (χ4v) is 1.44. The standard InChI is InChI=1S/C12H16ClN3O2/c1-12(2,3)18-11(17)16-9-6-7(13)4-5-8(9)10(14)15/h4-6H,1-3H3,(H3,14,15)(H,16,17). The molecule has 0 aromatic heterocycles. The third-order valence-corrected chi connectivity index (χ3v) is 2.14. The van der Waals surface area contributed by atoms with Gasteiger partial charge in [0.25, 0.3) is 0 Å². The van der Waals surface area contributed by atoms with E-state index in [9.17, 15) is 4.79 Å². The van der Waals surface area contributed by atoms with Gasteiger partial charge in [-0.3, -0.25) is 10.7 Å². The number of nitrogens with one attached hydrogen (secondary N) is 2. The van der Waals surface area contributed by atoms with E-state index in [0.717, 1.165) is 0 Å². The van der Waals surface area contributed by atoms with Crippen molar-refractivity contribution in [2.45, 2.75) is 26.4 Å². The molecule has 98 valence electrons. The van der Waals surface area contributed by atoms with Gasteiger partial charge in [0.15, 0.2) is 0 Å². The lowest BCUT2D eigenvalue weighted by Crippen LogP contribution is -2.28. The van der Waals surface area contributed by atoms with E-state index in [1.807, 2.05) is 0 Å². The van der Waals surface area contributed by atoms with E-state index in [1.165, 1.54) is 6.07 Å². The maximum atomic E-state index is 11.6. The number of benzene rings is 1. The monoisotopic (exact) mass is 269 g/mol. The van der Waals surface area contributed by atoms with Gasteiger partial charge in [-0.25, -0.2) is 4.79 Å². The molecule has 0 heterocycles. The second-order valence-corrected chi connectivity index (χ2v) is 5.17. The van der Waals surface area contributed by atoms with Gasteiger partial charge >= 0.3 is 6.09 Å². The maximum absolute atomic E-state index is 11.6. The van der Waals surface area contributed by atoms with Gasteiger partial charge in [0, 0.05) is 10.6 Å². The summed E-state index contributed by atoms with van der Waals surface area (Å²) in [6.07, 6.45) is -0.618. The summed E-state index contributed by atoms with van der Waals surface area (Å²) in [6.45, 7) is 5.28. The first-order valence-corrected chi connectivity index (χ1v) is 5.71. The predicted molar refractivity (Wildman–Crippen MR) is 72.3 cm³/mol. The van der Waals surface area contributed by atoms with Crippen molar-refractivity contribution in [2.24, 2.45) is 5.73 Å². The van der Waals surface area contributed by atoms with Gasteiger partial charge in [-0.1, -0.05) is 11.6 Å². The molecule has 18 heavy (non-hydrogen) atoms. The number of nitrogen functional groups attached to an aromatic ring is 1. The van der Waals surface area contributed by atoms with Crippen LogP contribution in [-0.4, -0.2) is 17.5 Å². The normalized spacial score (nSPS) is 10.9. The number of nitrogens with two attached hydrogens (primary N) is 1. The Labute approximate surface area is 111 Å². The molecule has 0 saturated heterocycles. The number of carbonyl (C=O) groups is 1. The molecular formula is C12H16ClN3O2. The summed E-state index contributed by atoms with van der Waals surface area (Å²) in [4.78, 5) is 11.6. The van der Waals surface area contributed by atoms with Gasteiger partial charge in [-0.2, -0.15) is 0 Å². The molecule has 0 aliphatic rings. The van der Waals surface area contributed by atoms with Crippen molar-refractivity contribution in [2.75, 3.05) is 5.32 Å². The van der Waals surface area contributed by atoms with Gasteiger partial charge < -0.3 is 10.5 Å². The number of ether oxygens (including phenoxy) is 1. The Bertz CT molecular complexity index is 481. The molecular weight excluding hydrogens is 254 g/mol. The van der Waals surface area contributed by atoms with Gasteiger partial charge in [-0.15, -0.1) is 0 Å². The molecule has 0 unspecified atom stereocenters. The molecule has 0 fully saturated rings. The molecule has 5 nitrogen and oxygen atoms in total. The Kier molecular flexibility index (Phi) is 4.19. The summed E-state index contributed by atoms with van der Waals surface area (Å²) in [5.41, 5.74) is 5.56. The summed E-state index contributed by atoms with van der Waals surface area (Å²) in [5, 5.41) is 10.4. The van der Waals surface area contributed by atoms with Gasteiger partial charge in [0.05, 0.1) is 5.69 Å². The van der Waals surface area contributed by atoms with Gasteiger partial charge in [0.1, 0.15) is 11.4 Å². The Morgan fingerprint density at radius 2 is 2.06 bits per heavy atom. The van der Waals surface area contributed by atoms with E-state index >= 15 is 0 Å². The van der Waals surface area contributed by atoms with Crippen molar-refractivity contribution < 1.29 is 9.53 Å². The minimum Gasteiger partial charge on any atom is -0.444 e. The van der Waals surface area contributed by atoms with Gasteiger partial charge in [0.2, 0.25) is 0 Å². The second-order valence-electron chi connectivity index (χ2n) is 4.73. The zero-order valence-electron chi connectivity index (χ0n) is 10.5. The number of amidine groups is 1. The number of anilines is 1. The fourth-order valence-electron chi connectivity index (χ4n) is 1.27. The molecule has 0 radical (unpaired) electrons. The minimum atomic E-state index is -0.618. The highest BCUT2D eigenvalue weighted by Crippen LogP contribution is 2.21. The van der Waals surface area contributed by atoms with Crippen molar-refractivity contribution in [1.29, 1.82) is 5.41 Å². The molecule has 4 N–H and O–H groups in total. The van der Waals surface area contributed by atoms with Crippen molar-refractivity contribution in [1.82, 2.24) is 0 Å². The van der Waals surface area contributed by atoms with E-state index in [4.69, 9.17) is 27.5 Å². The van der Waals surface area contributed by atoms with Crippen LogP contribution in [0.25, 0.3) is 0 Å². The zero-order chi connectivity index (χ0) is 13.9. The van der Waals surface area contributed by atoms with Crippen LogP contribution in [0.15, 0.2) is 18.2 Å². The van der Waals surface area contributed by atoms with Crippen molar-refractivity contribution in [3.63, 3.8) is 0 Å². The maximum Gasteiger partial charge on any atom is 0.412 e. The molecule has 1 rings (SSSR count). The van der Waals surface area contributed by atoms with Crippen LogP contribution in [0.1, 0.15) is 26.3 Å². The largest absolute Gasteiger partial charge is 0.444 e. The summed E-state index contributed by atoms with van der Waals surface area (Å²) in [7, 11) is 0. The number of hydrogen-bond acceptors (Lipinski definition) is 3. The highest BCUT2D eigenvalue weighted by molar-refractivity contribution is 6.31. The number of hydrogen-bond donors (Lipinski definition) is 3. The number of carbonyl (C=O) groups excluding carboxylic acids is 1. The van der Waals surface area contributed by atoms with E-state index in [2.05, 4.69) is 5.32 Å². The fraction of sp³-hybridized carbons (Fsp3) is 0.333. The average Bonchev–Trinajstić information content (AvgIpc) is 2.13. The molecule has 0 atom stereocenters. The first-order valence-electron chi connectivity index (χ1n) is 5.33. The van der Waals surface area contributed by atoms with E-state index in [0.29, 0.717) is 16.3 Å². The molecule has 0 aliphatic heterocycles. The van der Waals surface area contributed by atoms with Gasteiger partial charge in [-0.05, 0) is 39.0 Å². The number of halogens is 1.